The first kappa shape index (κ1) is 13.8. The minimum absolute atomic E-state index is 0.0105. The van der Waals surface area contributed by atoms with Gasteiger partial charge in [-0.25, -0.2) is 4.98 Å². The van der Waals surface area contributed by atoms with Gasteiger partial charge in [-0.15, -0.1) is 0 Å². The predicted molar refractivity (Wildman–Crippen MR) is 87.0 cm³/mol. The van der Waals surface area contributed by atoms with Gasteiger partial charge in [-0.3, -0.25) is 4.40 Å². The first-order valence-electron chi connectivity index (χ1n) is 7.30. The Morgan fingerprint density at radius 1 is 1.05 bits per heavy atom. The second-order valence-electron chi connectivity index (χ2n) is 5.05. The molecule has 1 aliphatic heterocycles. The number of thioether (sulfide) groups is 1. The van der Waals surface area contributed by atoms with E-state index < -0.39 is 0 Å². The van der Waals surface area contributed by atoms with Gasteiger partial charge in [0.05, 0.1) is 19.8 Å². The van der Waals surface area contributed by atoms with E-state index in [4.69, 9.17) is 14.5 Å². The lowest BCUT2D eigenvalue weighted by molar-refractivity contribution is -0.0498. The zero-order valence-corrected chi connectivity index (χ0v) is 12.8. The predicted octanol–water partition coefficient (Wildman–Crippen LogP) is 3.47. The van der Waals surface area contributed by atoms with Gasteiger partial charge in [0.2, 0.25) is 0 Å². The molecule has 1 aliphatic rings. The van der Waals surface area contributed by atoms with E-state index in [1.807, 2.05) is 42.6 Å². The van der Waals surface area contributed by atoms with Crippen molar-refractivity contribution in [1.82, 2.24) is 9.38 Å². The lowest BCUT2D eigenvalue weighted by Gasteiger charge is -2.22. The molecule has 0 N–H and O–H groups in total. The number of aromatic nitrogens is 2. The third-order valence-electron chi connectivity index (χ3n) is 3.56. The molecule has 0 saturated carbocycles. The molecular formula is C17H16N2O2S. The fourth-order valence-electron chi connectivity index (χ4n) is 2.53. The molecule has 3 heterocycles. The van der Waals surface area contributed by atoms with E-state index in [2.05, 4.69) is 16.5 Å². The lowest BCUT2D eigenvalue weighted by atomic mass is 10.2. The van der Waals surface area contributed by atoms with Crippen molar-refractivity contribution >= 4 is 17.4 Å². The highest BCUT2D eigenvalue weighted by Crippen LogP contribution is 2.35. The van der Waals surface area contributed by atoms with Crippen molar-refractivity contribution in [3.63, 3.8) is 0 Å². The molecule has 1 unspecified atom stereocenters. The van der Waals surface area contributed by atoms with Crippen LogP contribution in [0.3, 0.4) is 0 Å². The van der Waals surface area contributed by atoms with Gasteiger partial charge < -0.3 is 9.47 Å². The van der Waals surface area contributed by atoms with Crippen molar-refractivity contribution in [2.45, 2.75) is 10.5 Å². The molecule has 1 atom stereocenters. The number of hydrogen-bond donors (Lipinski definition) is 0. The standard InChI is InChI=1S/C17H16N2O2S/c1-2-6-13(7-3-1)16-17(22-15-12-20-10-11-21-15)19-9-5-4-8-14(19)18-16/h1-9,15H,10-12H2. The SMILES string of the molecule is c1ccc(-c2nc3ccccn3c2SC2COCCO2)cc1. The van der Waals surface area contributed by atoms with Gasteiger partial charge in [-0.1, -0.05) is 48.2 Å². The first-order valence-corrected chi connectivity index (χ1v) is 8.18. The number of benzene rings is 1. The number of fused-ring (bicyclic) bond motifs is 1. The quantitative estimate of drug-likeness (QED) is 0.742. The smallest absolute Gasteiger partial charge is 0.138 e. The molecule has 5 heteroatoms. The summed E-state index contributed by atoms with van der Waals surface area (Å²) < 4.78 is 13.4. The van der Waals surface area contributed by atoms with Crippen LogP contribution in [0.2, 0.25) is 0 Å². The highest BCUT2D eigenvalue weighted by Gasteiger charge is 2.21. The molecule has 1 aromatic carbocycles. The van der Waals surface area contributed by atoms with Crippen LogP contribution < -0.4 is 0 Å². The van der Waals surface area contributed by atoms with Gasteiger partial charge in [0.1, 0.15) is 21.8 Å². The van der Waals surface area contributed by atoms with Crippen LogP contribution in [0.25, 0.3) is 16.9 Å². The fraction of sp³-hybridized carbons (Fsp3) is 0.235. The molecule has 112 valence electrons. The van der Waals surface area contributed by atoms with Crippen molar-refractivity contribution in [1.29, 1.82) is 0 Å². The Bertz CT molecular complexity index is 767. The van der Waals surface area contributed by atoms with E-state index in [9.17, 15) is 0 Å². The molecule has 0 amide bonds. The van der Waals surface area contributed by atoms with Crippen molar-refractivity contribution in [2.75, 3.05) is 19.8 Å². The normalized spacial score (nSPS) is 18.6. The van der Waals surface area contributed by atoms with Crippen LogP contribution in [0.4, 0.5) is 0 Å². The monoisotopic (exact) mass is 312 g/mol. The van der Waals surface area contributed by atoms with Crippen LogP contribution in [0, 0.1) is 0 Å². The maximum atomic E-state index is 5.79. The molecular weight excluding hydrogens is 296 g/mol. The number of pyridine rings is 1. The minimum Gasteiger partial charge on any atom is -0.375 e. The first-order chi connectivity index (χ1) is 10.9. The second kappa shape index (κ2) is 6.12. The minimum atomic E-state index is 0.0105. The van der Waals surface area contributed by atoms with Crippen LogP contribution in [0.5, 0.6) is 0 Å². The lowest BCUT2D eigenvalue weighted by Crippen LogP contribution is -2.25. The van der Waals surface area contributed by atoms with Gasteiger partial charge in [-0.05, 0) is 12.1 Å². The van der Waals surface area contributed by atoms with Gasteiger partial charge >= 0.3 is 0 Å². The van der Waals surface area contributed by atoms with Crippen molar-refractivity contribution in [3.05, 3.63) is 54.7 Å². The Morgan fingerprint density at radius 2 is 1.91 bits per heavy atom. The van der Waals surface area contributed by atoms with Crippen LogP contribution in [0.15, 0.2) is 59.8 Å². The average molecular weight is 312 g/mol. The molecule has 0 spiro atoms. The van der Waals surface area contributed by atoms with Crippen molar-refractivity contribution in [2.24, 2.45) is 0 Å². The van der Waals surface area contributed by atoms with E-state index in [1.165, 1.54) is 0 Å². The number of nitrogens with zero attached hydrogens (tertiary/aromatic N) is 2. The maximum Gasteiger partial charge on any atom is 0.138 e. The number of imidazole rings is 1. The van der Waals surface area contributed by atoms with E-state index >= 15 is 0 Å². The van der Waals surface area contributed by atoms with Gasteiger partial charge in [0, 0.05) is 11.8 Å². The van der Waals surface area contributed by atoms with Gasteiger partial charge in [-0.2, -0.15) is 0 Å². The molecule has 1 saturated heterocycles. The Kier molecular flexibility index (Phi) is 3.84. The third kappa shape index (κ3) is 2.63. The third-order valence-corrected chi connectivity index (χ3v) is 4.71. The van der Waals surface area contributed by atoms with Crippen LogP contribution in [-0.4, -0.2) is 34.6 Å². The Balaban J connectivity index is 1.79. The maximum absolute atomic E-state index is 5.79. The zero-order chi connectivity index (χ0) is 14.8. The van der Waals surface area contributed by atoms with Crippen LogP contribution in [0.1, 0.15) is 0 Å². The summed E-state index contributed by atoms with van der Waals surface area (Å²) in [5, 5.41) is 1.09. The Labute approximate surface area is 133 Å². The summed E-state index contributed by atoms with van der Waals surface area (Å²) in [6, 6.07) is 16.3. The van der Waals surface area contributed by atoms with E-state index in [0.29, 0.717) is 19.8 Å². The molecule has 0 radical (unpaired) electrons. The summed E-state index contributed by atoms with van der Waals surface area (Å²) in [6.07, 6.45) is 2.04. The van der Waals surface area contributed by atoms with Gasteiger partial charge in [0.15, 0.2) is 0 Å². The fourth-order valence-corrected chi connectivity index (χ4v) is 3.65. The van der Waals surface area contributed by atoms with Crippen LogP contribution in [-0.2, 0) is 9.47 Å². The highest BCUT2D eigenvalue weighted by atomic mass is 32.2. The highest BCUT2D eigenvalue weighted by molar-refractivity contribution is 7.99. The number of hydrogen-bond acceptors (Lipinski definition) is 4. The summed E-state index contributed by atoms with van der Waals surface area (Å²) in [6.45, 7) is 1.93. The zero-order valence-electron chi connectivity index (χ0n) is 12.0. The molecule has 4 rings (SSSR count). The van der Waals surface area contributed by atoms with E-state index in [0.717, 1.165) is 21.9 Å². The molecule has 3 aromatic rings. The van der Waals surface area contributed by atoms with Crippen molar-refractivity contribution < 1.29 is 9.47 Å². The van der Waals surface area contributed by atoms with E-state index in [1.54, 1.807) is 11.8 Å². The van der Waals surface area contributed by atoms with Crippen LogP contribution >= 0.6 is 11.8 Å². The molecule has 4 nitrogen and oxygen atoms in total. The largest absolute Gasteiger partial charge is 0.375 e. The molecule has 0 aliphatic carbocycles. The van der Waals surface area contributed by atoms with Gasteiger partial charge in [0.25, 0.3) is 0 Å². The summed E-state index contributed by atoms with van der Waals surface area (Å²) in [7, 11) is 0. The Hall–Kier alpha value is -1.82. The number of rotatable bonds is 3. The topological polar surface area (TPSA) is 35.8 Å². The van der Waals surface area contributed by atoms with Crippen molar-refractivity contribution in [3.8, 4) is 11.3 Å². The summed E-state index contributed by atoms with van der Waals surface area (Å²) >= 11 is 1.68. The number of ether oxygens (including phenoxy) is 2. The summed E-state index contributed by atoms with van der Waals surface area (Å²) in [5.74, 6) is 0. The molecule has 2 aromatic heterocycles. The summed E-state index contributed by atoms with van der Waals surface area (Å²) in [5.41, 5.74) is 3.06. The second-order valence-corrected chi connectivity index (χ2v) is 6.20. The summed E-state index contributed by atoms with van der Waals surface area (Å²) in [4.78, 5) is 4.79. The Morgan fingerprint density at radius 3 is 2.73 bits per heavy atom. The van der Waals surface area contributed by atoms with E-state index in [-0.39, 0.29) is 5.44 Å². The molecule has 0 bridgehead atoms. The molecule has 1 fully saturated rings. The average Bonchev–Trinajstić information content (AvgIpc) is 2.95. The molecule has 22 heavy (non-hydrogen) atoms.